The molecule has 18 heavy (non-hydrogen) atoms. The molecule has 0 bridgehead atoms. The Kier molecular flexibility index (Phi) is 5.16. The van der Waals surface area contributed by atoms with Gasteiger partial charge in [-0.1, -0.05) is 5.16 Å². The molecule has 1 amide bonds. The number of hydrogen-bond donors (Lipinski definition) is 1. The first kappa shape index (κ1) is 15.0. The third kappa shape index (κ3) is 2.84. The van der Waals surface area contributed by atoms with E-state index in [0.29, 0.717) is 13.0 Å². The van der Waals surface area contributed by atoms with Crippen LogP contribution in [0.3, 0.4) is 0 Å². The zero-order chi connectivity index (χ0) is 12.4. The van der Waals surface area contributed by atoms with Crippen molar-refractivity contribution >= 4 is 18.3 Å². The molecule has 0 radical (unpaired) electrons. The molecule has 1 aliphatic rings. The van der Waals surface area contributed by atoms with Crippen LogP contribution in [0.15, 0.2) is 4.52 Å². The van der Waals surface area contributed by atoms with Crippen LogP contribution >= 0.6 is 12.4 Å². The van der Waals surface area contributed by atoms with E-state index in [4.69, 9.17) is 10.3 Å². The quantitative estimate of drug-likeness (QED) is 0.898. The number of likely N-dealkylation sites (tertiary alicyclic amines) is 1. The van der Waals surface area contributed by atoms with Crippen LogP contribution in [0.4, 0.5) is 0 Å². The predicted molar refractivity (Wildman–Crippen MR) is 70.7 cm³/mol. The van der Waals surface area contributed by atoms with E-state index in [1.54, 1.807) is 0 Å². The van der Waals surface area contributed by atoms with Gasteiger partial charge in [0.25, 0.3) is 0 Å². The normalized spacial score (nSPS) is 18.8. The molecule has 1 aliphatic heterocycles. The van der Waals surface area contributed by atoms with Gasteiger partial charge in [-0.05, 0) is 26.7 Å². The van der Waals surface area contributed by atoms with Crippen LogP contribution in [0.25, 0.3) is 0 Å². The van der Waals surface area contributed by atoms with E-state index in [1.165, 1.54) is 0 Å². The van der Waals surface area contributed by atoms with Gasteiger partial charge in [-0.15, -0.1) is 12.4 Å². The van der Waals surface area contributed by atoms with Gasteiger partial charge in [-0.3, -0.25) is 4.79 Å². The average Bonchev–Trinajstić information content (AvgIpc) is 2.90. The molecule has 1 unspecified atom stereocenters. The Balaban J connectivity index is 0.00000162. The zero-order valence-corrected chi connectivity index (χ0v) is 11.6. The van der Waals surface area contributed by atoms with Crippen molar-refractivity contribution in [3.05, 3.63) is 17.0 Å². The topological polar surface area (TPSA) is 72.4 Å². The maximum atomic E-state index is 12.2. The lowest BCUT2D eigenvalue weighted by Gasteiger charge is -2.23. The molecule has 2 N–H and O–H groups in total. The minimum atomic E-state index is 0. The van der Waals surface area contributed by atoms with Gasteiger partial charge in [0.15, 0.2) is 0 Å². The number of nitrogens with two attached hydrogens (primary N) is 1. The number of halogens is 1. The molecule has 1 aromatic heterocycles. The van der Waals surface area contributed by atoms with Gasteiger partial charge in [0, 0.05) is 24.7 Å². The van der Waals surface area contributed by atoms with Crippen LogP contribution in [0.1, 0.15) is 29.9 Å². The third-order valence-corrected chi connectivity index (χ3v) is 3.48. The molecular formula is C12H20ClN3O2. The van der Waals surface area contributed by atoms with Gasteiger partial charge in [0.1, 0.15) is 5.76 Å². The first-order chi connectivity index (χ1) is 8.13. The smallest absolute Gasteiger partial charge is 0.227 e. The number of aromatic nitrogens is 1. The summed E-state index contributed by atoms with van der Waals surface area (Å²) in [6.07, 6.45) is 2.44. The SMILES string of the molecule is Cc1noc(C)c1CC(=O)N1CCCC1CN.Cl. The van der Waals surface area contributed by atoms with Crippen molar-refractivity contribution in [3.63, 3.8) is 0 Å². The molecule has 2 rings (SSSR count). The van der Waals surface area contributed by atoms with Crippen molar-refractivity contribution in [2.45, 2.75) is 39.2 Å². The molecule has 1 fully saturated rings. The minimum absolute atomic E-state index is 0. The molecule has 0 saturated carbocycles. The summed E-state index contributed by atoms with van der Waals surface area (Å²) < 4.78 is 5.07. The lowest BCUT2D eigenvalue weighted by Crippen LogP contribution is -2.40. The van der Waals surface area contributed by atoms with Crippen molar-refractivity contribution in [3.8, 4) is 0 Å². The van der Waals surface area contributed by atoms with E-state index in [-0.39, 0.29) is 24.4 Å². The van der Waals surface area contributed by atoms with E-state index in [2.05, 4.69) is 5.16 Å². The Hall–Kier alpha value is -1.07. The highest BCUT2D eigenvalue weighted by Crippen LogP contribution is 2.20. The fraction of sp³-hybridized carbons (Fsp3) is 0.667. The van der Waals surface area contributed by atoms with Crippen molar-refractivity contribution in [1.29, 1.82) is 0 Å². The van der Waals surface area contributed by atoms with Crippen LogP contribution < -0.4 is 5.73 Å². The van der Waals surface area contributed by atoms with Gasteiger partial charge < -0.3 is 15.2 Å². The molecule has 1 aromatic rings. The van der Waals surface area contributed by atoms with Gasteiger partial charge in [0.2, 0.25) is 5.91 Å². The van der Waals surface area contributed by atoms with E-state index < -0.39 is 0 Å². The highest BCUT2D eigenvalue weighted by Gasteiger charge is 2.28. The molecular weight excluding hydrogens is 254 g/mol. The fourth-order valence-corrected chi connectivity index (χ4v) is 2.42. The molecule has 1 saturated heterocycles. The number of aryl methyl sites for hydroxylation is 2. The second kappa shape index (κ2) is 6.20. The summed E-state index contributed by atoms with van der Waals surface area (Å²) in [4.78, 5) is 14.1. The summed E-state index contributed by atoms with van der Waals surface area (Å²) in [5, 5.41) is 3.86. The first-order valence-corrected chi connectivity index (χ1v) is 6.04. The standard InChI is InChI=1S/C12H19N3O2.ClH/c1-8-11(9(2)17-14-8)6-12(16)15-5-3-4-10(15)7-13;/h10H,3-7,13H2,1-2H3;1H. The molecule has 1 atom stereocenters. The number of rotatable bonds is 3. The fourth-order valence-electron chi connectivity index (χ4n) is 2.42. The predicted octanol–water partition coefficient (Wildman–Crippen LogP) is 1.21. The lowest BCUT2D eigenvalue weighted by atomic mass is 10.1. The van der Waals surface area contributed by atoms with Crippen molar-refractivity contribution in [1.82, 2.24) is 10.1 Å². The van der Waals surface area contributed by atoms with Crippen LogP contribution in [0.5, 0.6) is 0 Å². The molecule has 0 aliphatic carbocycles. The lowest BCUT2D eigenvalue weighted by molar-refractivity contribution is -0.131. The summed E-state index contributed by atoms with van der Waals surface area (Å²) in [5.74, 6) is 0.867. The van der Waals surface area contributed by atoms with Gasteiger partial charge in [-0.2, -0.15) is 0 Å². The second-order valence-electron chi connectivity index (χ2n) is 4.60. The van der Waals surface area contributed by atoms with E-state index in [1.807, 2.05) is 18.7 Å². The third-order valence-electron chi connectivity index (χ3n) is 3.48. The largest absolute Gasteiger partial charge is 0.361 e. The number of amides is 1. The molecule has 5 nitrogen and oxygen atoms in total. The summed E-state index contributed by atoms with van der Waals surface area (Å²) in [5.41, 5.74) is 7.39. The van der Waals surface area contributed by atoms with E-state index in [9.17, 15) is 4.79 Å². The Morgan fingerprint density at radius 2 is 2.28 bits per heavy atom. The summed E-state index contributed by atoms with van der Waals surface area (Å²) in [6, 6.07) is 0.211. The van der Waals surface area contributed by atoms with Crippen LogP contribution in [0.2, 0.25) is 0 Å². The second-order valence-corrected chi connectivity index (χ2v) is 4.60. The van der Waals surface area contributed by atoms with E-state index in [0.717, 1.165) is 36.4 Å². The number of hydrogen-bond acceptors (Lipinski definition) is 4. The summed E-state index contributed by atoms with van der Waals surface area (Å²) >= 11 is 0. The van der Waals surface area contributed by atoms with Crippen LogP contribution in [-0.2, 0) is 11.2 Å². The van der Waals surface area contributed by atoms with Crippen molar-refractivity contribution in [2.24, 2.45) is 5.73 Å². The zero-order valence-electron chi connectivity index (χ0n) is 10.8. The highest BCUT2D eigenvalue weighted by molar-refractivity contribution is 5.85. The number of carbonyl (C=O) groups excluding carboxylic acids is 1. The van der Waals surface area contributed by atoms with Gasteiger partial charge >= 0.3 is 0 Å². The summed E-state index contributed by atoms with van der Waals surface area (Å²) in [6.45, 7) is 5.08. The minimum Gasteiger partial charge on any atom is -0.361 e. The number of nitrogens with zero attached hydrogens (tertiary/aromatic N) is 2. The van der Waals surface area contributed by atoms with Gasteiger partial charge in [-0.25, -0.2) is 0 Å². The Morgan fingerprint density at radius 1 is 1.56 bits per heavy atom. The Bertz CT molecular complexity index is 400. The van der Waals surface area contributed by atoms with E-state index >= 15 is 0 Å². The van der Waals surface area contributed by atoms with Crippen molar-refractivity contribution < 1.29 is 9.32 Å². The number of carbonyl (C=O) groups is 1. The van der Waals surface area contributed by atoms with Gasteiger partial charge in [0.05, 0.1) is 12.1 Å². The monoisotopic (exact) mass is 273 g/mol. The summed E-state index contributed by atoms with van der Waals surface area (Å²) in [7, 11) is 0. The molecule has 6 heteroatoms. The average molecular weight is 274 g/mol. The molecule has 2 heterocycles. The molecule has 0 aromatic carbocycles. The van der Waals surface area contributed by atoms with Crippen LogP contribution in [0, 0.1) is 13.8 Å². The Morgan fingerprint density at radius 3 is 2.83 bits per heavy atom. The van der Waals surface area contributed by atoms with Crippen molar-refractivity contribution in [2.75, 3.05) is 13.1 Å². The maximum Gasteiger partial charge on any atom is 0.227 e. The van der Waals surface area contributed by atoms with Crippen LogP contribution in [-0.4, -0.2) is 35.1 Å². The first-order valence-electron chi connectivity index (χ1n) is 6.04. The Labute approximate surface area is 113 Å². The molecule has 0 spiro atoms. The molecule has 102 valence electrons. The maximum absolute atomic E-state index is 12.2. The highest BCUT2D eigenvalue weighted by atomic mass is 35.5.